The van der Waals surface area contributed by atoms with Crippen molar-refractivity contribution in [1.29, 1.82) is 0 Å². The van der Waals surface area contributed by atoms with Crippen LogP contribution >= 0.6 is 23.7 Å². The number of aromatic nitrogens is 1. The van der Waals surface area contributed by atoms with E-state index in [1.807, 2.05) is 0 Å². The lowest BCUT2D eigenvalue weighted by molar-refractivity contribution is 0.641. The highest BCUT2D eigenvalue weighted by Crippen LogP contribution is 2.25. The van der Waals surface area contributed by atoms with Gasteiger partial charge in [0.05, 0.1) is 6.04 Å². The van der Waals surface area contributed by atoms with Crippen LogP contribution in [-0.2, 0) is 0 Å². The lowest BCUT2D eigenvalue weighted by Gasteiger charge is -2.03. The maximum Gasteiger partial charge on any atom is 0.110 e. The molecule has 0 bridgehead atoms. The Morgan fingerprint density at radius 1 is 1.67 bits per heavy atom. The van der Waals surface area contributed by atoms with Crippen LogP contribution in [0.3, 0.4) is 0 Å². The average Bonchev–Trinajstić information content (AvgIpc) is 2.55. The largest absolute Gasteiger partial charge is 0.308 e. The molecule has 4 heteroatoms. The van der Waals surface area contributed by atoms with Crippen LogP contribution in [0.15, 0.2) is 5.38 Å². The van der Waals surface area contributed by atoms with Gasteiger partial charge >= 0.3 is 0 Å². The molecule has 0 radical (unpaired) electrons. The van der Waals surface area contributed by atoms with Gasteiger partial charge in [0.25, 0.3) is 0 Å². The Kier molecular flexibility index (Phi) is 3.50. The summed E-state index contributed by atoms with van der Waals surface area (Å²) in [7, 11) is 0. The van der Waals surface area contributed by atoms with Gasteiger partial charge in [0.2, 0.25) is 0 Å². The molecule has 1 aliphatic rings. The Balaban J connectivity index is 0.000000720. The first-order chi connectivity index (χ1) is 5.36. The predicted octanol–water partition coefficient (Wildman–Crippen LogP) is 2.30. The Morgan fingerprint density at radius 2 is 2.50 bits per heavy atom. The molecule has 0 aliphatic carbocycles. The normalized spacial score (nSPS) is 22.2. The average molecular weight is 205 g/mol. The SMILES string of the molecule is Cc1csc([C@H]2CCCN2)n1.Cl. The van der Waals surface area contributed by atoms with Crippen molar-refractivity contribution < 1.29 is 0 Å². The number of aryl methyl sites for hydroxylation is 1. The van der Waals surface area contributed by atoms with Gasteiger partial charge in [-0.05, 0) is 26.3 Å². The first-order valence-electron chi connectivity index (χ1n) is 4.01. The number of rotatable bonds is 1. The van der Waals surface area contributed by atoms with Gasteiger partial charge in [-0.15, -0.1) is 23.7 Å². The molecule has 2 heterocycles. The maximum atomic E-state index is 4.45. The molecule has 0 aromatic carbocycles. The van der Waals surface area contributed by atoms with Crippen LogP contribution < -0.4 is 5.32 Å². The minimum absolute atomic E-state index is 0. The number of halogens is 1. The molecule has 2 rings (SSSR count). The molecule has 2 nitrogen and oxygen atoms in total. The summed E-state index contributed by atoms with van der Waals surface area (Å²) in [5.41, 5.74) is 1.15. The highest BCUT2D eigenvalue weighted by molar-refractivity contribution is 7.09. The molecule has 0 spiro atoms. The molecular weight excluding hydrogens is 192 g/mol. The van der Waals surface area contributed by atoms with Crippen molar-refractivity contribution in [1.82, 2.24) is 10.3 Å². The van der Waals surface area contributed by atoms with E-state index in [4.69, 9.17) is 0 Å². The third-order valence-corrected chi connectivity index (χ3v) is 3.07. The van der Waals surface area contributed by atoms with Crippen molar-refractivity contribution in [2.75, 3.05) is 6.54 Å². The number of hydrogen-bond donors (Lipinski definition) is 1. The summed E-state index contributed by atoms with van der Waals surface area (Å²) < 4.78 is 0. The van der Waals surface area contributed by atoms with E-state index in [1.54, 1.807) is 11.3 Å². The summed E-state index contributed by atoms with van der Waals surface area (Å²) in [5.74, 6) is 0. The van der Waals surface area contributed by atoms with Crippen LogP contribution in [-0.4, -0.2) is 11.5 Å². The van der Waals surface area contributed by atoms with Crippen molar-refractivity contribution in [3.05, 3.63) is 16.1 Å². The van der Waals surface area contributed by atoms with Crippen molar-refractivity contribution in [3.63, 3.8) is 0 Å². The van der Waals surface area contributed by atoms with Gasteiger partial charge in [-0.25, -0.2) is 4.98 Å². The zero-order valence-corrected chi connectivity index (χ0v) is 8.67. The molecule has 1 atom stereocenters. The lowest BCUT2D eigenvalue weighted by atomic mass is 10.2. The third kappa shape index (κ3) is 1.97. The lowest BCUT2D eigenvalue weighted by Crippen LogP contribution is -2.12. The van der Waals surface area contributed by atoms with Gasteiger partial charge < -0.3 is 5.32 Å². The molecule has 1 aliphatic heterocycles. The third-order valence-electron chi connectivity index (χ3n) is 2.00. The van der Waals surface area contributed by atoms with Gasteiger partial charge in [0, 0.05) is 11.1 Å². The topological polar surface area (TPSA) is 24.9 Å². The highest BCUT2D eigenvalue weighted by Gasteiger charge is 2.18. The van der Waals surface area contributed by atoms with Gasteiger partial charge in [-0.3, -0.25) is 0 Å². The summed E-state index contributed by atoms with van der Waals surface area (Å²) in [6.45, 7) is 3.21. The fourth-order valence-corrected chi connectivity index (χ4v) is 2.33. The second-order valence-electron chi connectivity index (χ2n) is 2.98. The highest BCUT2D eigenvalue weighted by atomic mass is 35.5. The van der Waals surface area contributed by atoms with Crippen LogP contribution in [0.25, 0.3) is 0 Å². The fraction of sp³-hybridized carbons (Fsp3) is 0.625. The molecule has 1 aromatic heterocycles. The van der Waals surface area contributed by atoms with Gasteiger partial charge in [0.15, 0.2) is 0 Å². The van der Waals surface area contributed by atoms with E-state index in [9.17, 15) is 0 Å². The van der Waals surface area contributed by atoms with Crippen molar-refractivity contribution in [2.45, 2.75) is 25.8 Å². The number of nitrogens with zero attached hydrogens (tertiary/aromatic N) is 1. The van der Waals surface area contributed by atoms with Gasteiger partial charge in [-0.2, -0.15) is 0 Å². The molecule has 68 valence electrons. The quantitative estimate of drug-likeness (QED) is 0.760. The van der Waals surface area contributed by atoms with E-state index in [1.165, 1.54) is 17.8 Å². The standard InChI is InChI=1S/C8H12N2S.ClH/c1-6-5-11-8(10-6)7-3-2-4-9-7;/h5,7,9H,2-4H2,1H3;1H/t7-;/m1./s1. The van der Waals surface area contributed by atoms with E-state index in [2.05, 4.69) is 22.6 Å². The van der Waals surface area contributed by atoms with Crippen molar-refractivity contribution in [2.24, 2.45) is 0 Å². The molecular formula is C8H13ClN2S. The van der Waals surface area contributed by atoms with Gasteiger partial charge in [-0.1, -0.05) is 0 Å². The Hall–Kier alpha value is -0.120. The second kappa shape index (κ2) is 4.21. The van der Waals surface area contributed by atoms with E-state index >= 15 is 0 Å². The van der Waals surface area contributed by atoms with E-state index in [0.717, 1.165) is 12.2 Å². The Bertz CT molecular complexity index is 243. The monoisotopic (exact) mass is 204 g/mol. The smallest absolute Gasteiger partial charge is 0.110 e. The van der Waals surface area contributed by atoms with E-state index in [0.29, 0.717) is 6.04 Å². The maximum absolute atomic E-state index is 4.45. The Morgan fingerprint density at radius 3 is 3.00 bits per heavy atom. The molecule has 1 N–H and O–H groups in total. The van der Waals surface area contributed by atoms with E-state index < -0.39 is 0 Å². The van der Waals surface area contributed by atoms with Gasteiger partial charge in [0.1, 0.15) is 5.01 Å². The number of nitrogens with one attached hydrogen (secondary N) is 1. The predicted molar refractivity (Wildman–Crippen MR) is 54.1 cm³/mol. The summed E-state index contributed by atoms with van der Waals surface area (Å²) in [5, 5.41) is 6.82. The number of hydrogen-bond acceptors (Lipinski definition) is 3. The molecule has 1 fully saturated rings. The van der Waals surface area contributed by atoms with Crippen LogP contribution in [0.5, 0.6) is 0 Å². The van der Waals surface area contributed by atoms with Crippen molar-refractivity contribution in [3.8, 4) is 0 Å². The summed E-state index contributed by atoms with van der Waals surface area (Å²) in [6.07, 6.45) is 2.55. The number of thiazole rings is 1. The Labute approximate surface area is 82.8 Å². The second-order valence-corrected chi connectivity index (χ2v) is 3.87. The molecule has 0 amide bonds. The first kappa shape index (κ1) is 9.96. The molecule has 12 heavy (non-hydrogen) atoms. The van der Waals surface area contributed by atoms with Crippen LogP contribution in [0.1, 0.15) is 29.6 Å². The van der Waals surface area contributed by atoms with Crippen molar-refractivity contribution >= 4 is 23.7 Å². The summed E-state index contributed by atoms with van der Waals surface area (Å²) >= 11 is 1.77. The van der Waals surface area contributed by atoms with Crippen LogP contribution in [0.2, 0.25) is 0 Å². The van der Waals surface area contributed by atoms with E-state index in [-0.39, 0.29) is 12.4 Å². The molecule has 1 saturated heterocycles. The van der Waals surface area contributed by atoms with Crippen LogP contribution in [0.4, 0.5) is 0 Å². The van der Waals surface area contributed by atoms with Crippen LogP contribution in [0, 0.1) is 6.92 Å². The fourth-order valence-electron chi connectivity index (χ4n) is 1.43. The zero-order chi connectivity index (χ0) is 7.68. The minimum Gasteiger partial charge on any atom is -0.308 e. The molecule has 0 saturated carbocycles. The summed E-state index contributed by atoms with van der Waals surface area (Å²) in [6, 6.07) is 0.550. The summed E-state index contributed by atoms with van der Waals surface area (Å²) in [4.78, 5) is 4.45. The zero-order valence-electron chi connectivity index (χ0n) is 7.04. The minimum atomic E-state index is 0. The first-order valence-corrected chi connectivity index (χ1v) is 4.89. The molecule has 1 aromatic rings. The molecule has 0 unspecified atom stereocenters.